The molecule has 1 saturated heterocycles. The third kappa shape index (κ3) is 2.71. The Hall–Kier alpha value is -0.280. The lowest BCUT2D eigenvalue weighted by molar-refractivity contribution is -0.139. The van der Waals surface area contributed by atoms with E-state index in [1.165, 1.54) is 25.7 Å². The molecule has 0 aromatic rings. The predicted molar refractivity (Wildman–Crippen MR) is 83.7 cm³/mol. The number of nitrogens with zero attached hydrogens (tertiary/aromatic N) is 1. The van der Waals surface area contributed by atoms with Gasteiger partial charge in [0.15, 0.2) is 0 Å². The summed E-state index contributed by atoms with van der Waals surface area (Å²) in [5, 5.41) is 0. The van der Waals surface area contributed by atoms with Crippen LogP contribution in [0.2, 0.25) is 0 Å². The highest BCUT2D eigenvalue weighted by molar-refractivity contribution is 5.85. The van der Waals surface area contributed by atoms with Crippen LogP contribution < -0.4 is 5.73 Å². The molecule has 4 unspecified atom stereocenters. The Morgan fingerprint density at radius 3 is 2.20 bits per heavy atom. The number of hydrogen-bond acceptors (Lipinski definition) is 2. The van der Waals surface area contributed by atoms with Crippen molar-refractivity contribution < 1.29 is 4.79 Å². The van der Waals surface area contributed by atoms with Gasteiger partial charge in [0.25, 0.3) is 0 Å². The van der Waals surface area contributed by atoms with E-state index in [9.17, 15) is 4.79 Å². The van der Waals surface area contributed by atoms with Crippen molar-refractivity contribution in [3.05, 3.63) is 0 Å². The van der Waals surface area contributed by atoms with Crippen molar-refractivity contribution in [3.63, 3.8) is 0 Å². The maximum absolute atomic E-state index is 12.8. The minimum Gasteiger partial charge on any atom is -0.339 e. The molecule has 2 bridgehead atoms. The van der Waals surface area contributed by atoms with Crippen LogP contribution in [0.25, 0.3) is 0 Å². The number of likely N-dealkylation sites (tertiary alicyclic amines) is 1. The molecule has 3 fully saturated rings. The van der Waals surface area contributed by atoms with Crippen LogP contribution in [0, 0.1) is 23.7 Å². The van der Waals surface area contributed by atoms with Crippen molar-refractivity contribution in [2.24, 2.45) is 29.4 Å². The van der Waals surface area contributed by atoms with Crippen LogP contribution in [0.4, 0.5) is 0 Å². The summed E-state index contributed by atoms with van der Waals surface area (Å²) in [5.41, 5.74) is 6.32. The number of fused-ring (bicyclic) bond motifs is 2. The molecule has 3 rings (SSSR count). The fraction of sp³-hybridized carbons (Fsp3) is 0.938. The zero-order valence-electron chi connectivity index (χ0n) is 12.8. The molecular weight excluding hydrogens is 272 g/mol. The first-order valence-electron chi connectivity index (χ1n) is 8.14. The monoisotopic (exact) mass is 300 g/mol. The Morgan fingerprint density at radius 1 is 1.10 bits per heavy atom. The van der Waals surface area contributed by atoms with Crippen LogP contribution >= 0.6 is 12.4 Å². The first-order valence-corrected chi connectivity index (χ1v) is 8.14. The normalized spacial score (nSPS) is 44.0. The molecule has 3 nitrogen and oxygen atoms in total. The van der Waals surface area contributed by atoms with E-state index >= 15 is 0 Å². The van der Waals surface area contributed by atoms with Gasteiger partial charge in [-0.2, -0.15) is 0 Å². The number of rotatable bonds is 1. The number of carbonyl (C=O) groups is 1. The van der Waals surface area contributed by atoms with Crippen molar-refractivity contribution in [3.8, 4) is 0 Å². The molecule has 1 heterocycles. The number of amides is 1. The van der Waals surface area contributed by atoms with Gasteiger partial charge in [0, 0.05) is 24.5 Å². The third-order valence-corrected chi connectivity index (χ3v) is 6.19. The molecule has 20 heavy (non-hydrogen) atoms. The van der Waals surface area contributed by atoms with E-state index in [0.717, 1.165) is 19.4 Å². The summed E-state index contributed by atoms with van der Waals surface area (Å²) in [6.07, 6.45) is 7.08. The zero-order valence-corrected chi connectivity index (χ0v) is 13.6. The summed E-state index contributed by atoms with van der Waals surface area (Å²) < 4.78 is 0. The molecule has 4 heteroatoms. The SMILES string of the molecule is CC1CCN(C(=O)C2CC3CCCC(C2)C3N)C1C.Cl. The fourth-order valence-corrected chi connectivity index (χ4v) is 4.63. The summed E-state index contributed by atoms with van der Waals surface area (Å²) in [6, 6.07) is 0.802. The van der Waals surface area contributed by atoms with Crippen LogP contribution in [-0.4, -0.2) is 29.4 Å². The Morgan fingerprint density at radius 2 is 1.70 bits per heavy atom. The van der Waals surface area contributed by atoms with Gasteiger partial charge in [-0.15, -0.1) is 12.4 Å². The molecule has 1 amide bonds. The van der Waals surface area contributed by atoms with Crippen LogP contribution in [-0.2, 0) is 4.79 Å². The Bertz CT molecular complexity index is 348. The Balaban J connectivity index is 0.00000147. The molecule has 2 aliphatic carbocycles. The summed E-state index contributed by atoms with van der Waals surface area (Å²) in [7, 11) is 0. The fourth-order valence-electron chi connectivity index (χ4n) is 4.63. The number of hydrogen-bond donors (Lipinski definition) is 1. The zero-order chi connectivity index (χ0) is 13.6. The number of nitrogens with two attached hydrogens (primary N) is 1. The first kappa shape index (κ1) is 16.1. The van der Waals surface area contributed by atoms with Crippen LogP contribution in [0.3, 0.4) is 0 Å². The summed E-state index contributed by atoms with van der Waals surface area (Å²) in [6.45, 7) is 5.45. The second-order valence-corrected chi connectivity index (χ2v) is 7.23. The van der Waals surface area contributed by atoms with E-state index < -0.39 is 0 Å². The van der Waals surface area contributed by atoms with Gasteiger partial charge in [-0.25, -0.2) is 0 Å². The van der Waals surface area contributed by atoms with Crippen LogP contribution in [0.1, 0.15) is 52.4 Å². The van der Waals surface area contributed by atoms with Gasteiger partial charge in [-0.05, 0) is 56.8 Å². The van der Waals surface area contributed by atoms with Crippen molar-refractivity contribution in [1.82, 2.24) is 4.90 Å². The van der Waals surface area contributed by atoms with Crippen molar-refractivity contribution in [2.75, 3.05) is 6.54 Å². The van der Waals surface area contributed by atoms with Gasteiger partial charge in [0.2, 0.25) is 5.91 Å². The lowest BCUT2D eigenvalue weighted by Gasteiger charge is -2.44. The smallest absolute Gasteiger partial charge is 0.225 e. The van der Waals surface area contributed by atoms with E-state index in [1.54, 1.807) is 0 Å². The molecule has 3 aliphatic rings. The van der Waals surface area contributed by atoms with E-state index in [-0.39, 0.29) is 18.3 Å². The molecule has 0 aromatic carbocycles. The highest BCUT2D eigenvalue weighted by Gasteiger charge is 2.43. The molecule has 0 radical (unpaired) electrons. The quantitative estimate of drug-likeness (QED) is 0.809. The molecule has 0 spiro atoms. The number of halogens is 1. The van der Waals surface area contributed by atoms with Gasteiger partial charge in [-0.1, -0.05) is 13.3 Å². The maximum Gasteiger partial charge on any atom is 0.225 e. The average Bonchev–Trinajstić information content (AvgIpc) is 2.69. The van der Waals surface area contributed by atoms with E-state index in [1.807, 2.05) is 0 Å². The minimum absolute atomic E-state index is 0. The van der Waals surface area contributed by atoms with Gasteiger partial charge in [0.1, 0.15) is 0 Å². The Labute approximate surface area is 129 Å². The molecule has 2 N–H and O–H groups in total. The van der Waals surface area contributed by atoms with Crippen molar-refractivity contribution in [2.45, 2.75) is 64.5 Å². The second kappa shape index (κ2) is 6.23. The molecule has 4 atom stereocenters. The Kier molecular flexibility index (Phi) is 5.01. The summed E-state index contributed by atoms with van der Waals surface area (Å²) in [4.78, 5) is 14.9. The largest absolute Gasteiger partial charge is 0.339 e. The third-order valence-electron chi connectivity index (χ3n) is 6.19. The molecular formula is C16H29ClN2O. The average molecular weight is 301 g/mol. The van der Waals surface area contributed by atoms with Gasteiger partial charge >= 0.3 is 0 Å². The van der Waals surface area contributed by atoms with E-state index in [2.05, 4.69) is 18.7 Å². The molecule has 116 valence electrons. The van der Waals surface area contributed by atoms with Crippen LogP contribution in [0.5, 0.6) is 0 Å². The van der Waals surface area contributed by atoms with Gasteiger partial charge < -0.3 is 10.6 Å². The second-order valence-electron chi connectivity index (χ2n) is 7.23. The summed E-state index contributed by atoms with van der Waals surface area (Å²) in [5.74, 6) is 2.58. The molecule has 0 aromatic heterocycles. The predicted octanol–water partition coefficient (Wildman–Crippen LogP) is 2.82. The molecule has 2 saturated carbocycles. The summed E-state index contributed by atoms with van der Waals surface area (Å²) >= 11 is 0. The first-order chi connectivity index (χ1) is 9.08. The van der Waals surface area contributed by atoms with Crippen molar-refractivity contribution >= 4 is 18.3 Å². The van der Waals surface area contributed by atoms with Gasteiger partial charge in [0.05, 0.1) is 0 Å². The minimum atomic E-state index is 0. The highest BCUT2D eigenvalue weighted by Crippen LogP contribution is 2.43. The lowest BCUT2D eigenvalue weighted by Crippen LogP contribution is -2.50. The maximum atomic E-state index is 12.8. The van der Waals surface area contributed by atoms with Gasteiger partial charge in [-0.3, -0.25) is 4.79 Å². The van der Waals surface area contributed by atoms with E-state index in [0.29, 0.717) is 35.7 Å². The highest BCUT2D eigenvalue weighted by atomic mass is 35.5. The molecule has 1 aliphatic heterocycles. The standard InChI is InChI=1S/C16H28N2O.ClH/c1-10-6-7-18(11(10)2)16(19)14-8-12-4-3-5-13(9-14)15(12)17;/h10-15H,3-9,17H2,1-2H3;1H. The van der Waals surface area contributed by atoms with Crippen molar-refractivity contribution in [1.29, 1.82) is 0 Å². The van der Waals surface area contributed by atoms with E-state index in [4.69, 9.17) is 5.73 Å². The number of carbonyl (C=O) groups excluding carboxylic acids is 1. The lowest BCUT2D eigenvalue weighted by atomic mass is 9.65. The van der Waals surface area contributed by atoms with Crippen LogP contribution in [0.15, 0.2) is 0 Å². The topological polar surface area (TPSA) is 46.3 Å².